The summed E-state index contributed by atoms with van der Waals surface area (Å²) in [6, 6.07) is 15.0. The van der Waals surface area contributed by atoms with Gasteiger partial charge >= 0.3 is 5.97 Å². The van der Waals surface area contributed by atoms with Crippen molar-refractivity contribution in [2.75, 3.05) is 7.11 Å². The Morgan fingerprint density at radius 1 is 1.15 bits per heavy atom. The second-order valence-electron chi connectivity index (χ2n) is 4.29. The molecule has 0 heterocycles. The molecule has 0 spiro atoms. The highest BCUT2D eigenvalue weighted by atomic mass is 16.5. The fraction of sp³-hybridized carbons (Fsp3) is 0.188. The summed E-state index contributed by atoms with van der Waals surface area (Å²) in [5.74, 6) is 0.304. The SMILES string of the molecule is COC(=O)c1ccc(OCc2ccccc2)c(CN)c1. The van der Waals surface area contributed by atoms with Gasteiger partial charge in [-0.25, -0.2) is 4.79 Å². The van der Waals surface area contributed by atoms with E-state index in [1.54, 1.807) is 18.2 Å². The van der Waals surface area contributed by atoms with Crippen LogP contribution in [0.5, 0.6) is 5.75 Å². The molecule has 0 radical (unpaired) electrons. The number of rotatable bonds is 5. The molecule has 0 amide bonds. The van der Waals surface area contributed by atoms with Gasteiger partial charge in [0.15, 0.2) is 0 Å². The summed E-state index contributed by atoms with van der Waals surface area (Å²) in [7, 11) is 1.35. The van der Waals surface area contributed by atoms with Crippen LogP contribution in [-0.4, -0.2) is 13.1 Å². The Morgan fingerprint density at radius 2 is 1.90 bits per heavy atom. The van der Waals surface area contributed by atoms with Gasteiger partial charge in [-0.1, -0.05) is 30.3 Å². The predicted octanol–water partition coefficient (Wildman–Crippen LogP) is 2.51. The molecule has 0 aliphatic rings. The van der Waals surface area contributed by atoms with Gasteiger partial charge in [0.05, 0.1) is 12.7 Å². The Labute approximate surface area is 118 Å². The number of methoxy groups -OCH3 is 1. The zero-order valence-electron chi connectivity index (χ0n) is 11.3. The maximum absolute atomic E-state index is 11.5. The first-order chi connectivity index (χ1) is 9.74. The number of nitrogens with two attached hydrogens (primary N) is 1. The molecule has 0 aliphatic heterocycles. The number of carbonyl (C=O) groups excluding carboxylic acids is 1. The first-order valence-electron chi connectivity index (χ1n) is 6.32. The third-order valence-corrected chi connectivity index (χ3v) is 2.94. The smallest absolute Gasteiger partial charge is 0.337 e. The lowest BCUT2D eigenvalue weighted by atomic mass is 10.1. The molecule has 20 heavy (non-hydrogen) atoms. The van der Waals surface area contributed by atoms with Gasteiger partial charge in [-0.3, -0.25) is 0 Å². The largest absolute Gasteiger partial charge is 0.489 e. The molecule has 0 bridgehead atoms. The zero-order chi connectivity index (χ0) is 14.4. The van der Waals surface area contributed by atoms with Gasteiger partial charge in [-0.05, 0) is 23.8 Å². The molecule has 104 valence electrons. The van der Waals surface area contributed by atoms with E-state index in [-0.39, 0.29) is 5.97 Å². The minimum absolute atomic E-state index is 0.301. The van der Waals surface area contributed by atoms with Gasteiger partial charge in [0, 0.05) is 12.1 Å². The van der Waals surface area contributed by atoms with E-state index < -0.39 is 0 Å². The fourth-order valence-corrected chi connectivity index (χ4v) is 1.86. The van der Waals surface area contributed by atoms with Crippen LogP contribution in [-0.2, 0) is 17.9 Å². The second kappa shape index (κ2) is 6.73. The van der Waals surface area contributed by atoms with Crippen LogP contribution in [0.25, 0.3) is 0 Å². The van der Waals surface area contributed by atoms with Gasteiger partial charge in [-0.2, -0.15) is 0 Å². The van der Waals surface area contributed by atoms with E-state index in [4.69, 9.17) is 10.5 Å². The van der Waals surface area contributed by atoms with Crippen LogP contribution < -0.4 is 10.5 Å². The third kappa shape index (κ3) is 3.36. The number of carbonyl (C=O) groups is 1. The van der Waals surface area contributed by atoms with Crippen molar-refractivity contribution in [1.82, 2.24) is 0 Å². The van der Waals surface area contributed by atoms with Crippen molar-refractivity contribution in [2.45, 2.75) is 13.2 Å². The standard InChI is InChI=1S/C16H17NO3/c1-19-16(18)13-7-8-15(14(9-13)10-17)20-11-12-5-3-2-4-6-12/h2-9H,10-11,17H2,1H3. The summed E-state index contributed by atoms with van der Waals surface area (Å²) >= 11 is 0. The van der Waals surface area contributed by atoms with Crippen molar-refractivity contribution >= 4 is 5.97 Å². The highest BCUT2D eigenvalue weighted by Gasteiger charge is 2.10. The van der Waals surface area contributed by atoms with E-state index in [9.17, 15) is 4.79 Å². The lowest BCUT2D eigenvalue weighted by Crippen LogP contribution is -2.07. The normalized spacial score (nSPS) is 10.1. The number of esters is 1. The monoisotopic (exact) mass is 271 g/mol. The molecular weight excluding hydrogens is 254 g/mol. The van der Waals surface area contributed by atoms with Crippen LogP contribution in [0.4, 0.5) is 0 Å². The molecule has 0 saturated carbocycles. The molecule has 2 aromatic rings. The number of hydrogen-bond donors (Lipinski definition) is 1. The fourth-order valence-electron chi connectivity index (χ4n) is 1.86. The summed E-state index contributed by atoms with van der Waals surface area (Å²) in [6.07, 6.45) is 0. The number of ether oxygens (including phenoxy) is 2. The van der Waals surface area contributed by atoms with Crippen LogP contribution >= 0.6 is 0 Å². The molecule has 0 unspecified atom stereocenters. The van der Waals surface area contributed by atoms with E-state index in [0.717, 1.165) is 11.1 Å². The Bertz CT molecular complexity index is 582. The van der Waals surface area contributed by atoms with Gasteiger partial charge in [0.2, 0.25) is 0 Å². The summed E-state index contributed by atoms with van der Waals surface area (Å²) in [4.78, 5) is 11.5. The Morgan fingerprint density at radius 3 is 2.55 bits per heavy atom. The first-order valence-corrected chi connectivity index (χ1v) is 6.32. The molecule has 4 nitrogen and oxygen atoms in total. The van der Waals surface area contributed by atoms with Gasteiger partial charge < -0.3 is 15.2 Å². The van der Waals surface area contributed by atoms with Crippen molar-refractivity contribution in [3.63, 3.8) is 0 Å². The molecule has 2 rings (SSSR count). The second-order valence-corrected chi connectivity index (χ2v) is 4.29. The Kier molecular flexibility index (Phi) is 4.74. The van der Waals surface area contributed by atoms with Crippen LogP contribution in [0.2, 0.25) is 0 Å². The lowest BCUT2D eigenvalue weighted by molar-refractivity contribution is 0.0600. The van der Waals surface area contributed by atoms with Crippen LogP contribution in [0.15, 0.2) is 48.5 Å². The molecule has 0 aliphatic carbocycles. The molecule has 0 aromatic heterocycles. The lowest BCUT2D eigenvalue weighted by Gasteiger charge is -2.11. The van der Waals surface area contributed by atoms with E-state index in [0.29, 0.717) is 24.5 Å². The zero-order valence-corrected chi connectivity index (χ0v) is 11.3. The average Bonchev–Trinajstić information content (AvgIpc) is 2.53. The highest BCUT2D eigenvalue weighted by molar-refractivity contribution is 5.89. The third-order valence-electron chi connectivity index (χ3n) is 2.94. The van der Waals surface area contributed by atoms with Crippen molar-refractivity contribution < 1.29 is 14.3 Å². The molecule has 2 N–H and O–H groups in total. The molecule has 2 aromatic carbocycles. The first kappa shape index (κ1) is 14.1. The minimum Gasteiger partial charge on any atom is -0.489 e. The predicted molar refractivity (Wildman–Crippen MR) is 76.4 cm³/mol. The summed E-state index contributed by atoms with van der Waals surface area (Å²) in [5, 5.41) is 0. The van der Waals surface area contributed by atoms with Gasteiger partial charge in [0.25, 0.3) is 0 Å². The van der Waals surface area contributed by atoms with Crippen LogP contribution in [0.3, 0.4) is 0 Å². The Balaban J connectivity index is 2.13. The van der Waals surface area contributed by atoms with E-state index in [1.807, 2.05) is 30.3 Å². The van der Waals surface area contributed by atoms with Gasteiger partial charge in [-0.15, -0.1) is 0 Å². The van der Waals surface area contributed by atoms with Crippen LogP contribution in [0.1, 0.15) is 21.5 Å². The molecule has 4 heteroatoms. The molecule has 0 saturated heterocycles. The quantitative estimate of drug-likeness (QED) is 0.849. The van der Waals surface area contributed by atoms with E-state index in [1.165, 1.54) is 7.11 Å². The minimum atomic E-state index is -0.380. The van der Waals surface area contributed by atoms with Crippen molar-refractivity contribution in [3.05, 3.63) is 65.2 Å². The molecule has 0 atom stereocenters. The van der Waals surface area contributed by atoms with E-state index in [2.05, 4.69) is 4.74 Å². The summed E-state index contributed by atoms with van der Waals surface area (Å²) < 4.78 is 10.4. The maximum Gasteiger partial charge on any atom is 0.337 e. The number of benzene rings is 2. The molecule has 0 fully saturated rings. The highest BCUT2D eigenvalue weighted by Crippen LogP contribution is 2.21. The average molecular weight is 271 g/mol. The van der Waals surface area contributed by atoms with Crippen LogP contribution in [0, 0.1) is 0 Å². The topological polar surface area (TPSA) is 61.5 Å². The summed E-state index contributed by atoms with van der Waals surface area (Å²) in [5.41, 5.74) is 8.03. The Hall–Kier alpha value is -2.33. The number of hydrogen-bond acceptors (Lipinski definition) is 4. The maximum atomic E-state index is 11.5. The van der Waals surface area contributed by atoms with Crippen molar-refractivity contribution in [3.8, 4) is 5.75 Å². The van der Waals surface area contributed by atoms with E-state index >= 15 is 0 Å². The van der Waals surface area contributed by atoms with Gasteiger partial charge in [0.1, 0.15) is 12.4 Å². The van der Waals surface area contributed by atoms with Crippen molar-refractivity contribution in [2.24, 2.45) is 5.73 Å². The molecular formula is C16H17NO3. The van der Waals surface area contributed by atoms with Crippen molar-refractivity contribution in [1.29, 1.82) is 0 Å². The summed E-state index contributed by atoms with van der Waals surface area (Å²) in [6.45, 7) is 0.764.